The molecule has 0 amide bonds. The standard InChI is InChI=1S/C20H14Cl2N2O4S.C4H6N2O7S2/c1-12-9-20(25)24(18-10-16(22)19(11-15(18)21)29(26,27)28)23(12)17-8-4-6-13-5-2-3-7-14(13)17;1-2-3(14(8,9)10)4(7)6(5-2)15(11,12)13/h2-11H,1H3,(H,26,27,28);5H,1H3,(H,8,9,10)(H,11,12,13). The molecule has 5 rings (SSSR count). The third-order valence-electron chi connectivity index (χ3n) is 6.05. The predicted molar refractivity (Wildman–Crippen MR) is 160 cm³/mol. The lowest BCUT2D eigenvalue weighted by Gasteiger charge is -2.17. The number of halogens is 2. The average Bonchev–Trinajstić information content (AvgIpc) is 3.38. The number of nitrogens with zero attached hydrogens (tertiary/aromatic N) is 3. The highest BCUT2D eigenvalue weighted by molar-refractivity contribution is 7.86. The Labute approximate surface area is 258 Å². The van der Waals surface area contributed by atoms with Crippen molar-refractivity contribution in [1.82, 2.24) is 18.5 Å². The molecular weight excluding hydrogens is 687 g/mol. The van der Waals surface area contributed by atoms with Gasteiger partial charge in [0, 0.05) is 17.1 Å². The number of H-pyrrole nitrogens is 1. The van der Waals surface area contributed by atoms with Gasteiger partial charge in [0.15, 0.2) is 4.90 Å². The van der Waals surface area contributed by atoms with Crippen LogP contribution in [0.3, 0.4) is 0 Å². The van der Waals surface area contributed by atoms with Crippen LogP contribution in [-0.2, 0) is 30.5 Å². The van der Waals surface area contributed by atoms with E-state index >= 15 is 0 Å². The maximum atomic E-state index is 12.8. The molecule has 44 heavy (non-hydrogen) atoms. The number of aromatic nitrogens is 4. The molecule has 0 aliphatic heterocycles. The van der Waals surface area contributed by atoms with Gasteiger partial charge in [-0.1, -0.05) is 59.6 Å². The summed E-state index contributed by atoms with van der Waals surface area (Å²) in [5, 5.41) is 3.39. The van der Waals surface area contributed by atoms with Crippen molar-refractivity contribution in [2.24, 2.45) is 0 Å². The van der Waals surface area contributed by atoms with Gasteiger partial charge in [0.25, 0.3) is 15.7 Å². The van der Waals surface area contributed by atoms with Crippen LogP contribution in [0.15, 0.2) is 80.0 Å². The van der Waals surface area contributed by atoms with Crippen LogP contribution in [0, 0.1) is 13.8 Å². The second-order valence-electron chi connectivity index (χ2n) is 9.04. The fraction of sp³-hybridized carbons (Fsp3) is 0.0833. The number of hydrogen-bond acceptors (Lipinski definition) is 8. The van der Waals surface area contributed by atoms with Gasteiger partial charge < -0.3 is 0 Å². The van der Waals surface area contributed by atoms with Gasteiger partial charge in [0.1, 0.15) is 4.90 Å². The fourth-order valence-electron chi connectivity index (χ4n) is 4.33. The minimum Gasteiger partial charge on any atom is -0.283 e. The summed E-state index contributed by atoms with van der Waals surface area (Å²) >= 11 is 12.4. The van der Waals surface area contributed by atoms with E-state index in [-0.39, 0.29) is 25.4 Å². The molecule has 20 heteroatoms. The number of aromatic amines is 1. The second kappa shape index (κ2) is 11.6. The van der Waals surface area contributed by atoms with Crippen molar-refractivity contribution in [2.45, 2.75) is 23.6 Å². The second-order valence-corrected chi connectivity index (χ2v) is 13.9. The molecule has 0 radical (unpaired) electrons. The van der Waals surface area contributed by atoms with E-state index < -0.39 is 51.6 Å². The summed E-state index contributed by atoms with van der Waals surface area (Å²) in [6.07, 6.45) is 0. The van der Waals surface area contributed by atoms with Crippen LogP contribution in [0.4, 0.5) is 0 Å². The molecule has 2 heterocycles. The quantitative estimate of drug-likeness (QED) is 0.194. The number of benzene rings is 3. The van der Waals surface area contributed by atoms with Crippen molar-refractivity contribution in [2.75, 3.05) is 0 Å². The Morgan fingerprint density at radius 2 is 1.34 bits per heavy atom. The number of aryl methyl sites for hydroxylation is 2. The van der Waals surface area contributed by atoms with Crippen LogP contribution in [0.25, 0.3) is 22.1 Å². The van der Waals surface area contributed by atoms with Crippen LogP contribution in [0.1, 0.15) is 11.4 Å². The Hall–Kier alpha value is -3.75. The first-order valence-corrected chi connectivity index (χ1v) is 16.8. The van der Waals surface area contributed by atoms with Crippen LogP contribution in [0.2, 0.25) is 10.0 Å². The zero-order valence-electron chi connectivity index (χ0n) is 22.2. The lowest BCUT2D eigenvalue weighted by atomic mass is 10.1. The molecule has 0 atom stereocenters. The summed E-state index contributed by atoms with van der Waals surface area (Å²) in [6.45, 7) is 2.83. The van der Waals surface area contributed by atoms with E-state index in [0.29, 0.717) is 5.69 Å². The molecule has 0 saturated heterocycles. The van der Waals surface area contributed by atoms with Crippen LogP contribution < -0.4 is 11.1 Å². The predicted octanol–water partition coefficient (Wildman–Crippen LogP) is 3.03. The number of hydrogen-bond donors (Lipinski definition) is 4. The molecule has 0 spiro atoms. The molecule has 0 aliphatic rings. The van der Waals surface area contributed by atoms with Crippen LogP contribution in [0.5, 0.6) is 0 Å². The fourth-order valence-corrected chi connectivity index (χ4v) is 7.01. The Bertz CT molecular complexity index is 2400. The normalized spacial score (nSPS) is 12.2. The van der Waals surface area contributed by atoms with Crippen molar-refractivity contribution in [3.8, 4) is 11.4 Å². The maximum absolute atomic E-state index is 12.8. The van der Waals surface area contributed by atoms with Gasteiger partial charge in [0.05, 0.1) is 27.1 Å². The first kappa shape index (κ1) is 33.1. The van der Waals surface area contributed by atoms with Gasteiger partial charge in [-0.25, -0.2) is 9.36 Å². The lowest BCUT2D eigenvalue weighted by Crippen LogP contribution is -2.27. The smallest absolute Gasteiger partial charge is 0.283 e. The summed E-state index contributed by atoms with van der Waals surface area (Å²) in [5.41, 5.74) is -0.758. The van der Waals surface area contributed by atoms with E-state index in [0.717, 1.165) is 29.4 Å². The highest BCUT2D eigenvalue weighted by atomic mass is 35.5. The molecule has 0 saturated carbocycles. The largest absolute Gasteiger partial charge is 0.380 e. The van der Waals surface area contributed by atoms with E-state index in [9.17, 15) is 39.4 Å². The van der Waals surface area contributed by atoms with Gasteiger partial charge in [-0.2, -0.15) is 25.3 Å². The highest BCUT2D eigenvalue weighted by Gasteiger charge is 2.27. The Morgan fingerprint density at radius 3 is 1.89 bits per heavy atom. The number of nitrogens with one attached hydrogen (secondary N) is 1. The molecule has 234 valence electrons. The SMILES string of the molecule is Cc1[nH]n(S(=O)(=O)O)c(=O)c1S(=O)(=O)O.Cc1cc(=O)n(-c2cc(Cl)c(S(=O)(=O)O)cc2Cl)n1-c1cccc2ccccc12. The Balaban J connectivity index is 0.000000249. The van der Waals surface area contributed by atoms with Crippen molar-refractivity contribution in [3.63, 3.8) is 0 Å². The van der Waals surface area contributed by atoms with E-state index in [4.69, 9.17) is 32.3 Å². The number of fused-ring (bicyclic) bond motifs is 1. The zero-order valence-corrected chi connectivity index (χ0v) is 26.2. The molecule has 4 N–H and O–H groups in total. The first-order valence-electron chi connectivity index (χ1n) is 11.8. The molecule has 0 unspecified atom stereocenters. The Morgan fingerprint density at radius 1 is 0.727 bits per heavy atom. The van der Waals surface area contributed by atoms with Crippen LogP contribution in [-0.4, -0.2) is 57.5 Å². The summed E-state index contributed by atoms with van der Waals surface area (Å²) in [7, 11) is -14.3. The van der Waals surface area contributed by atoms with Crippen LogP contribution >= 0.6 is 23.2 Å². The molecule has 3 aromatic carbocycles. The minimum atomic E-state index is -4.92. The topological polar surface area (TPSA) is 228 Å². The molecular formula is C24H20Cl2N4O11S3. The molecule has 2 aromatic heterocycles. The van der Waals surface area contributed by atoms with Gasteiger partial charge in [-0.3, -0.25) is 28.3 Å². The molecule has 0 fully saturated rings. The highest BCUT2D eigenvalue weighted by Crippen LogP contribution is 2.32. The third kappa shape index (κ3) is 6.37. The van der Waals surface area contributed by atoms with Crippen molar-refractivity contribution in [1.29, 1.82) is 0 Å². The van der Waals surface area contributed by atoms with Crippen molar-refractivity contribution < 1.29 is 38.9 Å². The monoisotopic (exact) mass is 706 g/mol. The minimum absolute atomic E-state index is 0.0521. The molecule has 15 nitrogen and oxygen atoms in total. The van der Waals surface area contributed by atoms with Gasteiger partial charge >= 0.3 is 26.0 Å². The number of rotatable bonds is 5. The summed E-state index contributed by atoms with van der Waals surface area (Å²) in [5.74, 6) is 0. The van der Waals surface area contributed by atoms with Crippen molar-refractivity contribution in [3.05, 3.63) is 103 Å². The van der Waals surface area contributed by atoms with E-state index in [1.165, 1.54) is 16.8 Å². The zero-order chi connectivity index (χ0) is 32.9. The van der Waals surface area contributed by atoms with E-state index in [1.54, 1.807) is 16.7 Å². The van der Waals surface area contributed by atoms with Crippen molar-refractivity contribution >= 4 is 64.5 Å². The lowest BCUT2D eigenvalue weighted by molar-refractivity contribution is 0.463. The van der Waals surface area contributed by atoms with Gasteiger partial charge in [-0.05, 0) is 37.4 Å². The first-order chi connectivity index (χ1) is 20.2. The van der Waals surface area contributed by atoms with E-state index in [1.807, 2.05) is 42.5 Å². The average molecular weight is 708 g/mol. The van der Waals surface area contributed by atoms with Gasteiger partial charge in [-0.15, -0.1) is 4.09 Å². The maximum Gasteiger partial charge on any atom is 0.380 e. The third-order valence-corrected chi connectivity index (χ3v) is 9.39. The molecule has 0 aliphatic carbocycles. The summed E-state index contributed by atoms with van der Waals surface area (Å²) in [4.78, 5) is 22.3. The van der Waals surface area contributed by atoms with E-state index in [2.05, 4.69) is 0 Å². The summed E-state index contributed by atoms with van der Waals surface area (Å²) < 4.78 is 94.6. The molecule has 0 bridgehead atoms. The Kier molecular flexibility index (Phi) is 8.77. The molecule has 5 aromatic rings. The summed E-state index contributed by atoms with van der Waals surface area (Å²) in [6, 6.07) is 17.2. The van der Waals surface area contributed by atoms with Gasteiger partial charge in [0.2, 0.25) is 0 Å².